The van der Waals surface area contributed by atoms with E-state index in [1.54, 1.807) is 0 Å². The van der Waals surface area contributed by atoms with E-state index in [9.17, 15) is 4.79 Å². The van der Waals surface area contributed by atoms with Crippen molar-refractivity contribution in [2.24, 2.45) is 11.8 Å². The van der Waals surface area contributed by atoms with Crippen LogP contribution in [0.2, 0.25) is 0 Å². The van der Waals surface area contributed by atoms with Gasteiger partial charge in [-0.15, -0.1) is 0 Å². The molecule has 0 heterocycles. The number of nitrogen functional groups attached to an aromatic ring is 1. The van der Waals surface area contributed by atoms with E-state index in [4.69, 9.17) is 5.84 Å². The summed E-state index contributed by atoms with van der Waals surface area (Å²) in [5.74, 6) is 5.86. The smallest absolute Gasteiger partial charge is 0.265 e. The normalized spacial score (nSPS) is 15.3. The summed E-state index contributed by atoms with van der Waals surface area (Å²) in [6.45, 7) is 5.13. The first kappa shape index (κ1) is 14.0. The molecule has 19 heavy (non-hydrogen) atoms. The molecule has 0 atom stereocenters. The topological polar surface area (TPSA) is 58.4 Å². The average molecular weight is 261 g/mol. The van der Waals surface area contributed by atoms with Crippen LogP contribution in [0.5, 0.6) is 0 Å². The Morgan fingerprint density at radius 2 is 2.16 bits per heavy atom. The first-order valence-corrected chi connectivity index (χ1v) is 7.05. The van der Waals surface area contributed by atoms with Crippen molar-refractivity contribution in [1.82, 2.24) is 10.3 Å². The Kier molecular flexibility index (Phi) is 4.93. The molecule has 0 saturated heterocycles. The summed E-state index contributed by atoms with van der Waals surface area (Å²) in [6.07, 6.45) is 4.07. The van der Waals surface area contributed by atoms with Crippen molar-refractivity contribution in [1.29, 1.82) is 0 Å². The Labute approximate surface area is 114 Å². The Hall–Kier alpha value is -1.39. The van der Waals surface area contributed by atoms with E-state index in [1.807, 2.05) is 24.3 Å². The highest BCUT2D eigenvalue weighted by molar-refractivity contribution is 5.95. The molecule has 1 aromatic rings. The Balaban J connectivity index is 2.05. The van der Waals surface area contributed by atoms with Gasteiger partial charge in [-0.05, 0) is 36.9 Å². The van der Waals surface area contributed by atoms with Gasteiger partial charge in [0.2, 0.25) is 0 Å². The van der Waals surface area contributed by atoms with Gasteiger partial charge in [-0.3, -0.25) is 15.1 Å². The zero-order valence-corrected chi connectivity index (χ0v) is 11.6. The number of amides is 1. The Morgan fingerprint density at radius 3 is 2.74 bits per heavy atom. The molecule has 1 amide bonds. The molecule has 1 aliphatic rings. The molecule has 0 aliphatic heterocycles. The molecule has 1 aromatic carbocycles. The van der Waals surface area contributed by atoms with E-state index in [1.165, 1.54) is 19.3 Å². The number of hydrogen-bond donors (Lipinski definition) is 2. The number of nitrogens with one attached hydrogen (secondary N) is 1. The third kappa shape index (κ3) is 3.55. The van der Waals surface area contributed by atoms with Gasteiger partial charge in [-0.25, -0.2) is 5.84 Å². The molecule has 4 heteroatoms. The molecule has 3 N–H and O–H groups in total. The first-order chi connectivity index (χ1) is 9.24. The number of rotatable bonds is 6. The molecule has 0 spiro atoms. The van der Waals surface area contributed by atoms with E-state index >= 15 is 0 Å². The van der Waals surface area contributed by atoms with E-state index in [0.717, 1.165) is 31.1 Å². The molecule has 1 saturated carbocycles. The van der Waals surface area contributed by atoms with Gasteiger partial charge in [0, 0.05) is 18.7 Å². The van der Waals surface area contributed by atoms with Crippen LogP contribution in [0.3, 0.4) is 0 Å². The monoisotopic (exact) mass is 261 g/mol. The molecule has 0 radical (unpaired) electrons. The van der Waals surface area contributed by atoms with Crippen LogP contribution < -0.4 is 11.3 Å². The van der Waals surface area contributed by atoms with Crippen molar-refractivity contribution in [3.8, 4) is 0 Å². The second-order valence-corrected chi connectivity index (χ2v) is 5.26. The Bertz CT molecular complexity index is 429. The molecule has 0 unspecified atom stereocenters. The van der Waals surface area contributed by atoms with Crippen molar-refractivity contribution >= 4 is 5.91 Å². The van der Waals surface area contributed by atoms with Crippen LogP contribution in [-0.4, -0.2) is 23.9 Å². The number of hydrogen-bond acceptors (Lipinski definition) is 3. The predicted molar refractivity (Wildman–Crippen MR) is 76.4 cm³/mol. The first-order valence-electron chi connectivity index (χ1n) is 7.05. The molecule has 1 aliphatic carbocycles. The van der Waals surface area contributed by atoms with Crippen molar-refractivity contribution in [2.45, 2.75) is 32.7 Å². The second-order valence-electron chi connectivity index (χ2n) is 5.26. The molecule has 0 bridgehead atoms. The van der Waals surface area contributed by atoms with E-state index in [-0.39, 0.29) is 5.91 Å². The standard InChI is InChI=1S/C15H23N3O/c1-2-18(10-12-6-5-7-12)11-13-8-3-4-9-14(13)15(19)17-16/h3-4,8-9,12H,2,5-7,10-11,16H2,1H3,(H,17,19). The van der Waals surface area contributed by atoms with Crippen LogP contribution in [0.4, 0.5) is 0 Å². The summed E-state index contributed by atoms with van der Waals surface area (Å²) in [5.41, 5.74) is 3.94. The maximum atomic E-state index is 11.7. The maximum absolute atomic E-state index is 11.7. The van der Waals surface area contributed by atoms with Gasteiger partial charge in [0.25, 0.3) is 5.91 Å². The van der Waals surface area contributed by atoms with Crippen molar-refractivity contribution < 1.29 is 4.79 Å². The highest BCUT2D eigenvalue weighted by Crippen LogP contribution is 2.27. The Morgan fingerprint density at radius 1 is 1.42 bits per heavy atom. The molecular weight excluding hydrogens is 238 g/mol. The van der Waals surface area contributed by atoms with Gasteiger partial charge in [-0.2, -0.15) is 0 Å². The van der Waals surface area contributed by atoms with Gasteiger partial charge in [0.15, 0.2) is 0 Å². The summed E-state index contributed by atoms with van der Waals surface area (Å²) >= 11 is 0. The lowest BCUT2D eigenvalue weighted by Crippen LogP contribution is -2.34. The molecule has 0 aromatic heterocycles. The SMILES string of the molecule is CCN(Cc1ccccc1C(=O)NN)CC1CCC1. The quantitative estimate of drug-likeness (QED) is 0.467. The molecular formula is C15H23N3O. The summed E-state index contributed by atoms with van der Waals surface area (Å²) < 4.78 is 0. The van der Waals surface area contributed by atoms with Crippen molar-refractivity contribution in [2.75, 3.05) is 13.1 Å². The third-order valence-electron chi connectivity index (χ3n) is 3.98. The lowest BCUT2D eigenvalue weighted by Gasteiger charge is -2.32. The fraction of sp³-hybridized carbons (Fsp3) is 0.533. The van der Waals surface area contributed by atoms with Gasteiger partial charge in [-0.1, -0.05) is 31.5 Å². The van der Waals surface area contributed by atoms with Crippen molar-refractivity contribution in [3.63, 3.8) is 0 Å². The zero-order chi connectivity index (χ0) is 13.7. The molecule has 104 valence electrons. The fourth-order valence-corrected chi connectivity index (χ4v) is 2.54. The largest absolute Gasteiger partial charge is 0.299 e. The third-order valence-corrected chi connectivity index (χ3v) is 3.98. The minimum absolute atomic E-state index is 0.213. The number of benzene rings is 1. The van der Waals surface area contributed by atoms with E-state index < -0.39 is 0 Å². The van der Waals surface area contributed by atoms with Gasteiger partial charge in [0.05, 0.1) is 0 Å². The highest BCUT2D eigenvalue weighted by atomic mass is 16.2. The van der Waals surface area contributed by atoms with Crippen LogP contribution in [0, 0.1) is 5.92 Å². The van der Waals surface area contributed by atoms with Crippen LogP contribution >= 0.6 is 0 Å². The van der Waals surface area contributed by atoms with Crippen LogP contribution in [0.25, 0.3) is 0 Å². The maximum Gasteiger partial charge on any atom is 0.265 e. The number of hydrazine groups is 1. The van der Waals surface area contributed by atoms with Crippen LogP contribution in [0.1, 0.15) is 42.1 Å². The fourth-order valence-electron chi connectivity index (χ4n) is 2.54. The summed E-state index contributed by atoms with van der Waals surface area (Å²) in [4.78, 5) is 14.1. The zero-order valence-electron chi connectivity index (χ0n) is 11.6. The second kappa shape index (κ2) is 6.68. The summed E-state index contributed by atoms with van der Waals surface area (Å²) in [6, 6.07) is 7.68. The highest BCUT2D eigenvalue weighted by Gasteiger charge is 2.21. The van der Waals surface area contributed by atoms with Gasteiger partial charge in [0.1, 0.15) is 0 Å². The summed E-state index contributed by atoms with van der Waals surface area (Å²) in [7, 11) is 0. The van der Waals surface area contributed by atoms with Crippen LogP contribution in [0.15, 0.2) is 24.3 Å². The molecule has 2 rings (SSSR count). The number of carbonyl (C=O) groups excluding carboxylic acids is 1. The summed E-state index contributed by atoms with van der Waals surface area (Å²) in [5, 5.41) is 0. The number of carbonyl (C=O) groups is 1. The minimum atomic E-state index is -0.213. The van der Waals surface area contributed by atoms with Crippen molar-refractivity contribution in [3.05, 3.63) is 35.4 Å². The lowest BCUT2D eigenvalue weighted by molar-refractivity contribution is 0.0951. The average Bonchev–Trinajstić information content (AvgIpc) is 2.41. The number of nitrogens with two attached hydrogens (primary N) is 1. The van der Waals surface area contributed by atoms with Gasteiger partial charge >= 0.3 is 0 Å². The van der Waals surface area contributed by atoms with Crippen LogP contribution in [-0.2, 0) is 6.54 Å². The molecule has 1 fully saturated rings. The molecule has 4 nitrogen and oxygen atoms in total. The van der Waals surface area contributed by atoms with Gasteiger partial charge < -0.3 is 0 Å². The minimum Gasteiger partial charge on any atom is -0.299 e. The predicted octanol–water partition coefficient (Wildman–Crippen LogP) is 1.91. The lowest BCUT2D eigenvalue weighted by atomic mass is 9.85. The van der Waals surface area contributed by atoms with E-state index in [0.29, 0.717) is 5.56 Å². The number of nitrogens with zero attached hydrogens (tertiary/aromatic N) is 1. The van der Waals surface area contributed by atoms with E-state index in [2.05, 4.69) is 17.2 Å².